The Morgan fingerprint density at radius 1 is 1.07 bits per heavy atom. The molecular formula is C20H23N3O5. The number of rotatable bonds is 6. The van der Waals surface area contributed by atoms with Crippen molar-refractivity contribution in [2.75, 3.05) is 0 Å². The molecule has 0 aromatic heterocycles. The number of carbonyl (C=O) groups excluding carboxylic acids is 2. The van der Waals surface area contributed by atoms with E-state index < -0.39 is 22.5 Å². The lowest BCUT2D eigenvalue weighted by molar-refractivity contribution is -0.384. The maximum Gasteiger partial charge on any atom is 0.413 e. The fraction of sp³-hybridized carbons (Fsp3) is 0.300. The monoisotopic (exact) mass is 385 g/mol. The number of nitro benzene ring substituents is 1. The molecule has 0 bridgehead atoms. The summed E-state index contributed by atoms with van der Waals surface area (Å²) in [5.41, 5.74) is 0.271. The van der Waals surface area contributed by atoms with E-state index in [2.05, 4.69) is 10.6 Å². The largest absolute Gasteiger partial charge is 0.413 e. The predicted octanol–water partition coefficient (Wildman–Crippen LogP) is 3.41. The minimum absolute atomic E-state index is 0.111. The molecule has 2 rings (SSSR count). The standard InChI is InChI=1S/C20H23N3O5/c1-20(2,3)17(18(24)21-13-14-7-5-4-6-8-14)22-19(25)28-16-11-9-15(10-12-16)23(26)27/h4-12,17H,13H2,1-3H3,(H,21,24)(H,22,25)/t17-/m0/s1. The van der Waals surface area contributed by atoms with Gasteiger partial charge >= 0.3 is 6.09 Å². The highest BCUT2D eigenvalue weighted by Gasteiger charge is 2.33. The van der Waals surface area contributed by atoms with Gasteiger partial charge in [-0.05, 0) is 23.1 Å². The van der Waals surface area contributed by atoms with Crippen molar-refractivity contribution < 1.29 is 19.2 Å². The average Bonchev–Trinajstić information content (AvgIpc) is 2.64. The number of hydrogen-bond acceptors (Lipinski definition) is 5. The molecule has 0 fully saturated rings. The van der Waals surface area contributed by atoms with Gasteiger partial charge in [0.05, 0.1) is 4.92 Å². The van der Waals surface area contributed by atoms with Crippen LogP contribution in [0.5, 0.6) is 5.75 Å². The normalized spacial score (nSPS) is 12.0. The lowest BCUT2D eigenvalue weighted by Gasteiger charge is -2.30. The van der Waals surface area contributed by atoms with E-state index in [1.54, 1.807) is 0 Å². The van der Waals surface area contributed by atoms with E-state index in [1.165, 1.54) is 24.3 Å². The van der Waals surface area contributed by atoms with Crippen molar-refractivity contribution >= 4 is 17.7 Å². The maximum atomic E-state index is 12.6. The van der Waals surface area contributed by atoms with E-state index in [1.807, 2.05) is 51.1 Å². The smallest absolute Gasteiger partial charge is 0.410 e. The van der Waals surface area contributed by atoms with Gasteiger partial charge in [0.15, 0.2) is 0 Å². The first-order chi connectivity index (χ1) is 13.2. The van der Waals surface area contributed by atoms with Crippen LogP contribution in [0.1, 0.15) is 26.3 Å². The van der Waals surface area contributed by atoms with Crippen LogP contribution in [0.2, 0.25) is 0 Å². The zero-order chi connectivity index (χ0) is 20.7. The van der Waals surface area contributed by atoms with Crippen molar-refractivity contribution in [3.8, 4) is 5.75 Å². The topological polar surface area (TPSA) is 111 Å². The minimum atomic E-state index is -0.832. The van der Waals surface area contributed by atoms with Crippen molar-refractivity contribution in [2.45, 2.75) is 33.4 Å². The molecule has 0 aliphatic heterocycles. The van der Waals surface area contributed by atoms with Crippen LogP contribution in [-0.4, -0.2) is 23.0 Å². The second-order valence-electron chi connectivity index (χ2n) is 7.29. The Balaban J connectivity index is 1.99. The molecular weight excluding hydrogens is 362 g/mol. The van der Waals surface area contributed by atoms with Crippen LogP contribution >= 0.6 is 0 Å². The van der Waals surface area contributed by atoms with Gasteiger partial charge in [0.2, 0.25) is 5.91 Å². The molecule has 2 aromatic carbocycles. The van der Waals surface area contributed by atoms with E-state index in [0.717, 1.165) is 5.56 Å². The third-order valence-electron chi connectivity index (χ3n) is 3.96. The Morgan fingerprint density at radius 3 is 2.21 bits per heavy atom. The summed E-state index contributed by atoms with van der Waals surface area (Å²) in [5, 5.41) is 16.1. The van der Waals surface area contributed by atoms with Gasteiger partial charge in [-0.2, -0.15) is 0 Å². The Bertz CT molecular complexity index is 829. The average molecular weight is 385 g/mol. The molecule has 0 spiro atoms. The van der Waals surface area contributed by atoms with Gasteiger partial charge in [-0.15, -0.1) is 0 Å². The lowest BCUT2D eigenvalue weighted by atomic mass is 9.86. The highest BCUT2D eigenvalue weighted by Crippen LogP contribution is 2.21. The molecule has 2 aromatic rings. The predicted molar refractivity (Wildman–Crippen MR) is 104 cm³/mol. The zero-order valence-electron chi connectivity index (χ0n) is 16.0. The Kier molecular flexibility index (Phi) is 6.70. The van der Waals surface area contributed by atoms with Gasteiger partial charge in [-0.25, -0.2) is 4.79 Å². The number of nitrogens with one attached hydrogen (secondary N) is 2. The van der Waals surface area contributed by atoms with Crippen LogP contribution in [0.25, 0.3) is 0 Å². The summed E-state index contributed by atoms with van der Waals surface area (Å²) >= 11 is 0. The maximum absolute atomic E-state index is 12.6. The molecule has 2 N–H and O–H groups in total. The second kappa shape index (κ2) is 8.98. The molecule has 28 heavy (non-hydrogen) atoms. The molecule has 8 nitrogen and oxygen atoms in total. The Morgan fingerprint density at radius 2 is 1.68 bits per heavy atom. The van der Waals surface area contributed by atoms with Crippen LogP contribution in [0.15, 0.2) is 54.6 Å². The quantitative estimate of drug-likeness (QED) is 0.585. The summed E-state index contributed by atoms with van der Waals surface area (Å²) < 4.78 is 5.14. The summed E-state index contributed by atoms with van der Waals surface area (Å²) in [6, 6.07) is 13.7. The van der Waals surface area contributed by atoms with Gasteiger partial charge in [0, 0.05) is 18.7 Å². The summed E-state index contributed by atoms with van der Waals surface area (Å²) in [4.78, 5) is 35.0. The molecule has 0 heterocycles. The molecule has 2 amide bonds. The third-order valence-corrected chi connectivity index (χ3v) is 3.96. The molecule has 0 radical (unpaired) electrons. The van der Waals surface area contributed by atoms with Gasteiger partial charge in [-0.1, -0.05) is 51.1 Å². The van der Waals surface area contributed by atoms with Crippen molar-refractivity contribution in [3.63, 3.8) is 0 Å². The number of nitrogens with zero attached hydrogens (tertiary/aromatic N) is 1. The molecule has 8 heteroatoms. The Labute approximate surface area is 163 Å². The molecule has 1 atom stereocenters. The molecule has 0 aliphatic rings. The van der Waals surface area contributed by atoms with Crippen LogP contribution in [0, 0.1) is 15.5 Å². The summed E-state index contributed by atoms with van der Waals surface area (Å²) in [6.45, 7) is 5.81. The van der Waals surface area contributed by atoms with Crippen molar-refractivity contribution in [1.82, 2.24) is 10.6 Å². The molecule has 0 aliphatic carbocycles. The highest BCUT2D eigenvalue weighted by atomic mass is 16.6. The lowest BCUT2D eigenvalue weighted by Crippen LogP contribution is -2.54. The SMILES string of the molecule is CC(C)(C)[C@@H](NC(=O)Oc1ccc([N+](=O)[O-])cc1)C(=O)NCc1ccccc1. The first-order valence-corrected chi connectivity index (χ1v) is 8.71. The van der Waals surface area contributed by atoms with E-state index in [-0.39, 0.29) is 17.3 Å². The summed E-state index contributed by atoms with van der Waals surface area (Å²) in [5.74, 6) is -0.197. The fourth-order valence-corrected chi connectivity index (χ4v) is 2.45. The van der Waals surface area contributed by atoms with Crippen LogP contribution in [0.3, 0.4) is 0 Å². The third kappa shape index (κ3) is 6.08. The molecule has 0 unspecified atom stereocenters. The van der Waals surface area contributed by atoms with E-state index in [0.29, 0.717) is 6.54 Å². The summed E-state index contributed by atoms with van der Waals surface area (Å²) in [6.07, 6.45) is -0.816. The minimum Gasteiger partial charge on any atom is -0.410 e. The number of hydrogen-bond donors (Lipinski definition) is 2. The number of carbonyl (C=O) groups is 2. The van der Waals surface area contributed by atoms with E-state index in [4.69, 9.17) is 4.74 Å². The zero-order valence-corrected chi connectivity index (χ0v) is 16.0. The van der Waals surface area contributed by atoms with E-state index in [9.17, 15) is 19.7 Å². The fourth-order valence-electron chi connectivity index (χ4n) is 2.45. The first kappa shape index (κ1) is 20.9. The highest BCUT2D eigenvalue weighted by molar-refractivity contribution is 5.86. The number of non-ortho nitro benzene ring substituents is 1. The molecule has 148 valence electrons. The van der Waals surface area contributed by atoms with Gasteiger partial charge in [-0.3, -0.25) is 14.9 Å². The number of nitro groups is 1. The van der Waals surface area contributed by atoms with Crippen LogP contribution in [-0.2, 0) is 11.3 Å². The van der Waals surface area contributed by atoms with Gasteiger partial charge in [0.1, 0.15) is 11.8 Å². The van der Waals surface area contributed by atoms with Crippen LogP contribution < -0.4 is 15.4 Å². The molecule has 0 saturated heterocycles. The first-order valence-electron chi connectivity index (χ1n) is 8.71. The van der Waals surface area contributed by atoms with Crippen molar-refractivity contribution in [3.05, 3.63) is 70.3 Å². The van der Waals surface area contributed by atoms with Crippen molar-refractivity contribution in [1.29, 1.82) is 0 Å². The summed E-state index contributed by atoms with van der Waals surface area (Å²) in [7, 11) is 0. The van der Waals surface area contributed by atoms with Crippen molar-refractivity contribution in [2.24, 2.45) is 5.41 Å². The van der Waals surface area contributed by atoms with Gasteiger partial charge in [0.25, 0.3) is 5.69 Å². The van der Waals surface area contributed by atoms with Gasteiger partial charge < -0.3 is 15.4 Å². The number of ether oxygens (including phenoxy) is 1. The van der Waals surface area contributed by atoms with E-state index >= 15 is 0 Å². The Hall–Kier alpha value is -3.42. The number of amides is 2. The van der Waals surface area contributed by atoms with Crippen LogP contribution in [0.4, 0.5) is 10.5 Å². The second-order valence-corrected chi connectivity index (χ2v) is 7.29. The molecule has 0 saturated carbocycles. The number of benzene rings is 2.